The molecule has 0 bridgehead atoms. The Morgan fingerprint density at radius 2 is 1.97 bits per heavy atom. The number of carbonyl (C=O) groups excluding carboxylic acids is 1. The van der Waals surface area contributed by atoms with Crippen LogP contribution < -0.4 is 20.3 Å². The first-order chi connectivity index (χ1) is 16.7. The largest absolute Gasteiger partial charge is 0.454 e. The third-order valence-corrected chi connectivity index (χ3v) is 9.59. The van der Waals surface area contributed by atoms with Crippen LogP contribution in [0.4, 0.5) is 0 Å². The highest BCUT2D eigenvalue weighted by Crippen LogP contribution is 2.34. The molecule has 1 amide bonds. The van der Waals surface area contributed by atoms with Crippen molar-refractivity contribution in [2.45, 2.75) is 44.7 Å². The average molecular weight is 519 g/mol. The second-order valence-electron chi connectivity index (χ2n) is 8.90. The maximum Gasteiger partial charge on any atom is 0.263 e. The predicted octanol–water partition coefficient (Wildman–Crippen LogP) is 2.23. The summed E-state index contributed by atoms with van der Waals surface area (Å²) in [5.74, 6) is 1.35. The Balaban J connectivity index is 1.37. The highest BCUT2D eigenvalue weighted by Gasteiger charge is 2.33. The number of nitrogens with zero attached hydrogens (tertiary/aromatic N) is 3. The fraction of sp³-hybridized carbons (Fsp3) is 0.435. The Morgan fingerprint density at radius 1 is 1.23 bits per heavy atom. The van der Waals surface area contributed by atoms with Crippen LogP contribution in [0.5, 0.6) is 11.5 Å². The number of fused-ring (bicyclic) bond motifs is 2. The van der Waals surface area contributed by atoms with Gasteiger partial charge in [-0.25, -0.2) is 13.4 Å². The lowest BCUT2D eigenvalue weighted by Gasteiger charge is -2.29. The van der Waals surface area contributed by atoms with Crippen molar-refractivity contribution in [2.24, 2.45) is 5.92 Å². The van der Waals surface area contributed by atoms with Gasteiger partial charge in [-0.2, -0.15) is 4.31 Å². The lowest BCUT2D eigenvalue weighted by Crippen LogP contribution is -2.38. The molecule has 186 valence electrons. The molecule has 2 aromatic heterocycles. The minimum absolute atomic E-state index is 0.0136. The van der Waals surface area contributed by atoms with Crippen LogP contribution in [0.1, 0.15) is 30.2 Å². The van der Waals surface area contributed by atoms with E-state index in [0.29, 0.717) is 40.2 Å². The van der Waals surface area contributed by atoms with Crippen LogP contribution in [0.3, 0.4) is 0 Å². The number of benzene rings is 1. The zero-order valence-electron chi connectivity index (χ0n) is 19.4. The smallest absolute Gasteiger partial charge is 0.263 e. The van der Waals surface area contributed by atoms with Crippen molar-refractivity contribution in [2.75, 3.05) is 19.9 Å². The minimum atomic E-state index is -3.85. The molecule has 1 N–H and O–H groups in total. The van der Waals surface area contributed by atoms with Gasteiger partial charge in [0.2, 0.25) is 22.7 Å². The second-order valence-corrected chi connectivity index (χ2v) is 12.0. The molecule has 0 aliphatic carbocycles. The summed E-state index contributed by atoms with van der Waals surface area (Å²) in [5, 5.41) is 2.83. The van der Waals surface area contributed by atoms with Gasteiger partial charge < -0.3 is 14.8 Å². The van der Waals surface area contributed by atoms with Gasteiger partial charge >= 0.3 is 0 Å². The zero-order valence-corrected chi connectivity index (χ0v) is 21.1. The van der Waals surface area contributed by atoms with E-state index in [1.54, 1.807) is 19.1 Å². The summed E-state index contributed by atoms with van der Waals surface area (Å²) in [4.78, 5) is 31.1. The Labute approximate surface area is 206 Å². The molecule has 3 aromatic rings. The van der Waals surface area contributed by atoms with E-state index in [-0.39, 0.29) is 30.2 Å². The molecular formula is C23H26N4O6S2. The van der Waals surface area contributed by atoms with Gasteiger partial charge in [0.1, 0.15) is 16.3 Å². The number of hydrogen-bond acceptors (Lipinski definition) is 8. The summed E-state index contributed by atoms with van der Waals surface area (Å²) in [5.41, 5.74) is 0.280. The van der Waals surface area contributed by atoms with E-state index in [4.69, 9.17) is 9.47 Å². The van der Waals surface area contributed by atoms with Gasteiger partial charge in [-0.3, -0.25) is 14.2 Å². The van der Waals surface area contributed by atoms with Crippen molar-refractivity contribution < 1.29 is 22.7 Å². The molecule has 12 heteroatoms. The van der Waals surface area contributed by atoms with E-state index in [1.165, 1.54) is 22.0 Å². The number of aryl methyl sites for hydroxylation is 1. The van der Waals surface area contributed by atoms with Crippen LogP contribution >= 0.6 is 11.3 Å². The van der Waals surface area contributed by atoms with E-state index in [0.717, 1.165) is 23.0 Å². The first-order valence-electron chi connectivity index (χ1n) is 11.4. The van der Waals surface area contributed by atoms with Crippen LogP contribution in [0.2, 0.25) is 0 Å². The molecule has 0 unspecified atom stereocenters. The molecule has 0 saturated carbocycles. The first kappa shape index (κ1) is 23.8. The quantitative estimate of drug-likeness (QED) is 0.531. The van der Waals surface area contributed by atoms with Crippen molar-refractivity contribution in [3.63, 3.8) is 0 Å². The molecule has 1 fully saturated rings. The third kappa shape index (κ3) is 4.53. The summed E-state index contributed by atoms with van der Waals surface area (Å²) < 4.78 is 40.2. The number of hydrogen-bond donors (Lipinski definition) is 1. The van der Waals surface area contributed by atoms with E-state index >= 15 is 0 Å². The third-order valence-electron chi connectivity index (χ3n) is 6.38. The Bertz CT molecular complexity index is 1450. The number of carbonyl (C=O) groups is 1. The highest BCUT2D eigenvalue weighted by molar-refractivity contribution is 7.89. The normalized spacial score (nSPS) is 16.6. The van der Waals surface area contributed by atoms with Gasteiger partial charge in [0, 0.05) is 24.5 Å². The number of rotatable bonds is 6. The van der Waals surface area contributed by atoms with Crippen LogP contribution in [-0.2, 0) is 27.9 Å². The molecule has 2 aliphatic rings. The number of aromatic nitrogens is 2. The highest BCUT2D eigenvalue weighted by atomic mass is 32.2. The molecule has 1 saturated heterocycles. The molecule has 5 rings (SSSR count). The summed E-state index contributed by atoms with van der Waals surface area (Å²) in [6.45, 7) is 4.78. The number of nitrogens with one attached hydrogen (secondary N) is 1. The van der Waals surface area contributed by atoms with Crippen LogP contribution in [0.15, 0.2) is 34.2 Å². The monoisotopic (exact) mass is 518 g/mol. The summed E-state index contributed by atoms with van der Waals surface area (Å²) in [6.07, 6.45) is 2.86. The predicted molar refractivity (Wildman–Crippen MR) is 130 cm³/mol. The molecule has 35 heavy (non-hydrogen) atoms. The zero-order chi connectivity index (χ0) is 24.7. The number of piperidine rings is 1. The topological polar surface area (TPSA) is 120 Å². The number of thiophene rings is 1. The molecule has 2 aliphatic heterocycles. The van der Waals surface area contributed by atoms with Gasteiger partial charge in [0.05, 0.1) is 11.7 Å². The van der Waals surface area contributed by atoms with Crippen LogP contribution in [0.25, 0.3) is 10.2 Å². The van der Waals surface area contributed by atoms with Crippen molar-refractivity contribution in [3.05, 3.63) is 45.3 Å². The number of amides is 1. The SMILES string of the molecule is Cc1sc2ncn(CC(=O)NCc3ccc4c(c3)OCO4)c(=O)c2c1S(=O)(=O)N1CCC(C)CC1. The van der Waals surface area contributed by atoms with Crippen molar-refractivity contribution in [1.29, 1.82) is 0 Å². The van der Waals surface area contributed by atoms with Crippen molar-refractivity contribution in [1.82, 2.24) is 19.2 Å². The summed E-state index contributed by atoms with van der Waals surface area (Å²) in [6, 6.07) is 5.38. The summed E-state index contributed by atoms with van der Waals surface area (Å²) >= 11 is 1.18. The van der Waals surface area contributed by atoms with Gasteiger partial charge in [0.25, 0.3) is 5.56 Å². The molecule has 0 atom stereocenters. The van der Waals surface area contributed by atoms with E-state index in [1.807, 2.05) is 6.07 Å². The number of ether oxygens (including phenoxy) is 2. The molecule has 1 aromatic carbocycles. The number of sulfonamides is 1. The molecule has 0 radical (unpaired) electrons. The fourth-order valence-electron chi connectivity index (χ4n) is 4.35. The fourth-order valence-corrected chi connectivity index (χ4v) is 7.49. The van der Waals surface area contributed by atoms with E-state index in [9.17, 15) is 18.0 Å². The maximum absolute atomic E-state index is 13.5. The molecule has 0 spiro atoms. The Hall–Kier alpha value is -2.96. The van der Waals surface area contributed by atoms with Gasteiger partial charge in [-0.05, 0) is 43.4 Å². The first-order valence-corrected chi connectivity index (χ1v) is 13.6. The van der Waals surface area contributed by atoms with E-state index in [2.05, 4.69) is 17.2 Å². The van der Waals surface area contributed by atoms with Gasteiger partial charge in [-0.15, -0.1) is 11.3 Å². The maximum atomic E-state index is 13.5. The van der Waals surface area contributed by atoms with Gasteiger partial charge in [0.15, 0.2) is 11.5 Å². The molecule has 4 heterocycles. The van der Waals surface area contributed by atoms with Crippen LogP contribution in [0, 0.1) is 12.8 Å². The lowest BCUT2D eigenvalue weighted by molar-refractivity contribution is -0.121. The molecular weight excluding hydrogens is 492 g/mol. The van der Waals surface area contributed by atoms with Gasteiger partial charge in [-0.1, -0.05) is 13.0 Å². The average Bonchev–Trinajstić information content (AvgIpc) is 3.43. The lowest BCUT2D eigenvalue weighted by atomic mass is 10.0. The van der Waals surface area contributed by atoms with Crippen molar-refractivity contribution in [3.8, 4) is 11.5 Å². The van der Waals surface area contributed by atoms with E-state index < -0.39 is 21.5 Å². The van der Waals surface area contributed by atoms with Crippen molar-refractivity contribution >= 4 is 37.5 Å². The Kier molecular flexibility index (Phi) is 6.28. The molecule has 10 nitrogen and oxygen atoms in total. The Morgan fingerprint density at radius 3 is 2.74 bits per heavy atom. The standard InChI is InChI=1S/C23H26N4O6S2/c1-14-5-7-27(8-6-14)35(30,31)21-15(2)34-22-20(21)23(29)26(12-25-22)11-19(28)24-10-16-3-4-17-18(9-16)33-13-32-17/h3-4,9,12,14H,5-8,10-11,13H2,1-2H3,(H,24,28). The van der Waals surface area contributed by atoms with Crippen LogP contribution in [-0.4, -0.2) is 48.1 Å². The second kappa shape index (κ2) is 9.25. The summed E-state index contributed by atoms with van der Waals surface area (Å²) in [7, 11) is -3.85. The minimum Gasteiger partial charge on any atom is -0.454 e.